The zero-order valence-corrected chi connectivity index (χ0v) is 10.3. The average molecular weight is 251 g/mol. The standard InChI is InChI=1S/C11H13N3O2S/c1-7-2-4-13-8(6-7)9(15)14(11(13)16)10-12-3-5-17-10/h3,5,7-8H,2,4,6H2,1H3/t7-,8-/m0/s1. The number of fused-ring (bicyclic) bond motifs is 1. The number of imide groups is 1. The molecular formula is C11H13N3O2S. The second-order valence-electron chi connectivity index (χ2n) is 4.61. The number of aromatic nitrogens is 1. The van der Waals surface area contributed by atoms with E-state index in [1.807, 2.05) is 0 Å². The SMILES string of the molecule is C[C@H]1CCN2C(=O)N(c3nccs3)C(=O)[C@@H]2C1. The maximum atomic E-state index is 12.2. The molecule has 2 fully saturated rings. The van der Waals surface area contributed by atoms with E-state index in [1.54, 1.807) is 16.5 Å². The Labute approximate surface area is 103 Å². The minimum Gasteiger partial charge on any atom is -0.312 e. The van der Waals surface area contributed by atoms with E-state index in [2.05, 4.69) is 11.9 Å². The fourth-order valence-electron chi connectivity index (χ4n) is 2.48. The summed E-state index contributed by atoms with van der Waals surface area (Å²) in [5.41, 5.74) is 0. The predicted molar refractivity (Wildman–Crippen MR) is 63.9 cm³/mol. The summed E-state index contributed by atoms with van der Waals surface area (Å²) in [6.45, 7) is 2.80. The zero-order chi connectivity index (χ0) is 12.0. The largest absolute Gasteiger partial charge is 0.333 e. The molecule has 0 bridgehead atoms. The van der Waals surface area contributed by atoms with Crippen LogP contribution in [0.3, 0.4) is 0 Å². The number of carbonyl (C=O) groups is 2. The first-order valence-electron chi connectivity index (χ1n) is 5.72. The molecule has 2 atom stereocenters. The Bertz CT molecular complexity index is 459. The summed E-state index contributed by atoms with van der Waals surface area (Å²) in [6.07, 6.45) is 3.36. The van der Waals surface area contributed by atoms with E-state index < -0.39 is 0 Å². The summed E-state index contributed by atoms with van der Waals surface area (Å²) < 4.78 is 0. The number of rotatable bonds is 1. The van der Waals surface area contributed by atoms with Crippen molar-refractivity contribution in [1.29, 1.82) is 0 Å². The van der Waals surface area contributed by atoms with Gasteiger partial charge in [0, 0.05) is 18.1 Å². The normalized spacial score (nSPS) is 28.8. The Morgan fingerprint density at radius 3 is 3.00 bits per heavy atom. The molecule has 0 aliphatic carbocycles. The molecule has 0 radical (unpaired) electrons. The summed E-state index contributed by atoms with van der Waals surface area (Å²) in [5, 5.41) is 2.26. The van der Waals surface area contributed by atoms with Crippen LogP contribution in [0, 0.1) is 5.92 Å². The van der Waals surface area contributed by atoms with Gasteiger partial charge in [-0.2, -0.15) is 0 Å². The number of hydrogen-bond donors (Lipinski definition) is 0. The highest BCUT2D eigenvalue weighted by Gasteiger charge is 2.48. The maximum absolute atomic E-state index is 12.2. The molecule has 2 aliphatic rings. The van der Waals surface area contributed by atoms with Crippen molar-refractivity contribution in [3.8, 4) is 0 Å². The Kier molecular flexibility index (Phi) is 2.39. The van der Waals surface area contributed by atoms with Crippen molar-refractivity contribution < 1.29 is 9.59 Å². The van der Waals surface area contributed by atoms with Crippen LogP contribution in [0.15, 0.2) is 11.6 Å². The van der Waals surface area contributed by atoms with Crippen molar-refractivity contribution >= 4 is 28.4 Å². The first-order valence-corrected chi connectivity index (χ1v) is 6.60. The molecule has 0 spiro atoms. The number of hydrogen-bond acceptors (Lipinski definition) is 4. The molecule has 1 aromatic heterocycles. The molecule has 3 amide bonds. The summed E-state index contributed by atoms with van der Waals surface area (Å²) in [7, 11) is 0. The number of carbonyl (C=O) groups excluding carboxylic acids is 2. The molecule has 3 rings (SSSR count). The molecule has 5 nitrogen and oxygen atoms in total. The predicted octanol–water partition coefficient (Wildman–Crippen LogP) is 1.71. The van der Waals surface area contributed by atoms with Crippen LogP contribution >= 0.6 is 11.3 Å². The zero-order valence-electron chi connectivity index (χ0n) is 9.50. The highest BCUT2D eigenvalue weighted by molar-refractivity contribution is 7.14. The molecule has 6 heteroatoms. The molecule has 0 aromatic carbocycles. The van der Waals surface area contributed by atoms with Crippen LogP contribution in [0.4, 0.5) is 9.93 Å². The van der Waals surface area contributed by atoms with E-state index in [4.69, 9.17) is 0 Å². The van der Waals surface area contributed by atoms with Crippen LogP contribution in [0.2, 0.25) is 0 Å². The third kappa shape index (κ3) is 1.55. The molecule has 0 saturated carbocycles. The first-order chi connectivity index (χ1) is 8.18. The second kappa shape index (κ2) is 3.80. The van der Waals surface area contributed by atoms with Gasteiger partial charge in [0.2, 0.25) is 5.13 Å². The van der Waals surface area contributed by atoms with Gasteiger partial charge in [-0.3, -0.25) is 4.79 Å². The van der Waals surface area contributed by atoms with Crippen molar-refractivity contribution in [2.75, 3.05) is 11.4 Å². The van der Waals surface area contributed by atoms with Gasteiger partial charge in [-0.1, -0.05) is 6.92 Å². The minimum absolute atomic E-state index is 0.114. The van der Waals surface area contributed by atoms with E-state index in [0.717, 1.165) is 12.8 Å². The Balaban J connectivity index is 1.93. The summed E-state index contributed by atoms with van der Waals surface area (Å²) in [6, 6.07) is -0.475. The lowest BCUT2D eigenvalue weighted by molar-refractivity contribution is -0.120. The molecule has 2 saturated heterocycles. The number of amides is 3. The van der Waals surface area contributed by atoms with Crippen LogP contribution in [-0.4, -0.2) is 34.4 Å². The second-order valence-corrected chi connectivity index (χ2v) is 5.48. The lowest BCUT2D eigenvalue weighted by atomic mass is 9.93. The Morgan fingerprint density at radius 1 is 1.47 bits per heavy atom. The Hall–Kier alpha value is -1.43. The highest BCUT2D eigenvalue weighted by atomic mass is 32.1. The van der Waals surface area contributed by atoms with Crippen LogP contribution in [0.1, 0.15) is 19.8 Å². The van der Waals surface area contributed by atoms with E-state index in [9.17, 15) is 9.59 Å². The number of urea groups is 1. The molecule has 2 aliphatic heterocycles. The van der Waals surface area contributed by atoms with Gasteiger partial charge < -0.3 is 4.90 Å². The van der Waals surface area contributed by atoms with Gasteiger partial charge >= 0.3 is 6.03 Å². The first kappa shape index (κ1) is 10.7. The summed E-state index contributed by atoms with van der Waals surface area (Å²) in [5.74, 6) is 0.390. The number of thiazole rings is 1. The third-order valence-corrected chi connectivity index (χ3v) is 4.17. The van der Waals surface area contributed by atoms with Crippen molar-refractivity contribution in [2.24, 2.45) is 5.92 Å². The van der Waals surface area contributed by atoms with E-state index in [1.165, 1.54) is 16.2 Å². The maximum Gasteiger partial charge on any atom is 0.333 e. The monoisotopic (exact) mass is 251 g/mol. The number of nitrogens with zero attached hydrogens (tertiary/aromatic N) is 3. The molecule has 1 aromatic rings. The van der Waals surface area contributed by atoms with Gasteiger partial charge in [0.25, 0.3) is 5.91 Å². The van der Waals surface area contributed by atoms with Crippen LogP contribution < -0.4 is 4.90 Å². The lowest BCUT2D eigenvalue weighted by Gasteiger charge is -2.30. The van der Waals surface area contributed by atoms with Gasteiger partial charge in [0.15, 0.2) is 0 Å². The van der Waals surface area contributed by atoms with E-state index in [-0.39, 0.29) is 18.0 Å². The van der Waals surface area contributed by atoms with Crippen molar-refractivity contribution in [1.82, 2.24) is 9.88 Å². The van der Waals surface area contributed by atoms with E-state index in [0.29, 0.717) is 17.6 Å². The lowest BCUT2D eigenvalue weighted by Crippen LogP contribution is -2.41. The average Bonchev–Trinajstić information content (AvgIpc) is 2.88. The number of anilines is 1. The van der Waals surface area contributed by atoms with Crippen molar-refractivity contribution in [3.63, 3.8) is 0 Å². The van der Waals surface area contributed by atoms with Crippen LogP contribution in [0.25, 0.3) is 0 Å². The molecule has 17 heavy (non-hydrogen) atoms. The van der Waals surface area contributed by atoms with Gasteiger partial charge in [-0.25, -0.2) is 14.7 Å². The van der Waals surface area contributed by atoms with Gasteiger partial charge in [-0.15, -0.1) is 11.3 Å². The summed E-state index contributed by atoms with van der Waals surface area (Å²) >= 11 is 1.32. The van der Waals surface area contributed by atoms with E-state index >= 15 is 0 Å². The van der Waals surface area contributed by atoms with Crippen molar-refractivity contribution in [3.05, 3.63) is 11.6 Å². The number of piperidine rings is 1. The van der Waals surface area contributed by atoms with Crippen LogP contribution in [0.5, 0.6) is 0 Å². The van der Waals surface area contributed by atoms with Crippen molar-refractivity contribution in [2.45, 2.75) is 25.8 Å². The third-order valence-electron chi connectivity index (χ3n) is 3.42. The fraction of sp³-hybridized carbons (Fsp3) is 0.545. The topological polar surface area (TPSA) is 53.5 Å². The highest BCUT2D eigenvalue weighted by Crippen LogP contribution is 2.33. The minimum atomic E-state index is -0.268. The molecule has 0 N–H and O–H groups in total. The Morgan fingerprint density at radius 2 is 2.29 bits per heavy atom. The molecular weight excluding hydrogens is 238 g/mol. The molecule has 0 unspecified atom stereocenters. The van der Waals surface area contributed by atoms with Gasteiger partial charge in [0.1, 0.15) is 6.04 Å². The summed E-state index contributed by atoms with van der Waals surface area (Å²) in [4.78, 5) is 31.3. The quantitative estimate of drug-likeness (QED) is 0.714. The molecule has 3 heterocycles. The van der Waals surface area contributed by atoms with Gasteiger partial charge in [0.05, 0.1) is 0 Å². The molecule has 90 valence electrons. The fourth-order valence-corrected chi connectivity index (χ4v) is 3.12. The van der Waals surface area contributed by atoms with Gasteiger partial charge in [-0.05, 0) is 18.8 Å². The van der Waals surface area contributed by atoms with Crippen LogP contribution in [-0.2, 0) is 4.79 Å². The smallest absolute Gasteiger partial charge is 0.312 e.